The fourth-order valence-corrected chi connectivity index (χ4v) is 3.31. The van der Waals surface area contributed by atoms with Crippen LogP contribution < -0.4 is 0 Å². The van der Waals surface area contributed by atoms with Crippen LogP contribution in [-0.2, 0) is 16.0 Å². The van der Waals surface area contributed by atoms with Crippen LogP contribution in [0.5, 0.6) is 0 Å². The number of esters is 1. The maximum absolute atomic E-state index is 14.1. The van der Waals surface area contributed by atoms with Gasteiger partial charge in [0.1, 0.15) is 11.6 Å². The van der Waals surface area contributed by atoms with Crippen molar-refractivity contribution < 1.29 is 18.3 Å². The number of carbonyl (C=O) groups is 1. The van der Waals surface area contributed by atoms with E-state index in [0.717, 1.165) is 19.0 Å². The Morgan fingerprint density at radius 1 is 1.39 bits per heavy atom. The van der Waals surface area contributed by atoms with Crippen molar-refractivity contribution in [1.29, 1.82) is 0 Å². The lowest BCUT2D eigenvalue weighted by Gasteiger charge is -2.42. The maximum atomic E-state index is 14.1. The SMILES string of the molecule is CCOC(=O)C1(Cc2ccc(F)cc2F)CCCN(C(C)C)C1. The third-order valence-electron chi connectivity index (χ3n) is 4.59. The van der Waals surface area contributed by atoms with Crippen molar-refractivity contribution in [2.24, 2.45) is 5.41 Å². The molecule has 1 aliphatic heterocycles. The Labute approximate surface area is 136 Å². The summed E-state index contributed by atoms with van der Waals surface area (Å²) in [6.45, 7) is 7.70. The molecular formula is C18H25F2NO2. The topological polar surface area (TPSA) is 29.5 Å². The van der Waals surface area contributed by atoms with E-state index >= 15 is 0 Å². The first kappa shape index (κ1) is 17.9. The van der Waals surface area contributed by atoms with Crippen LogP contribution in [0, 0.1) is 17.0 Å². The van der Waals surface area contributed by atoms with Gasteiger partial charge < -0.3 is 4.74 Å². The molecule has 0 spiro atoms. The Morgan fingerprint density at radius 2 is 2.13 bits per heavy atom. The first-order valence-corrected chi connectivity index (χ1v) is 8.23. The quantitative estimate of drug-likeness (QED) is 0.775. The number of carbonyl (C=O) groups excluding carboxylic acids is 1. The summed E-state index contributed by atoms with van der Waals surface area (Å²) >= 11 is 0. The zero-order valence-electron chi connectivity index (χ0n) is 14.1. The molecule has 1 aromatic rings. The standard InChI is InChI=1S/C18H25F2NO2/c1-4-23-17(22)18(8-5-9-21(12-18)13(2)3)11-14-6-7-15(19)10-16(14)20/h6-7,10,13H,4-5,8-9,11-12H2,1-3H3. The number of halogens is 2. The van der Waals surface area contributed by atoms with Gasteiger partial charge in [-0.05, 0) is 58.2 Å². The molecule has 0 amide bonds. The average Bonchev–Trinajstić information content (AvgIpc) is 2.50. The van der Waals surface area contributed by atoms with Crippen molar-refractivity contribution in [3.05, 3.63) is 35.4 Å². The molecule has 0 saturated carbocycles. The van der Waals surface area contributed by atoms with E-state index < -0.39 is 17.0 Å². The molecule has 1 unspecified atom stereocenters. The minimum atomic E-state index is -0.767. The summed E-state index contributed by atoms with van der Waals surface area (Å²) in [6.07, 6.45) is 1.76. The van der Waals surface area contributed by atoms with E-state index in [9.17, 15) is 13.6 Å². The lowest BCUT2D eigenvalue weighted by molar-refractivity contribution is -0.159. The Bertz CT molecular complexity index is 562. The highest BCUT2D eigenvalue weighted by Gasteiger charge is 2.44. The molecule has 128 valence electrons. The zero-order chi connectivity index (χ0) is 17.0. The van der Waals surface area contributed by atoms with Gasteiger partial charge in [-0.2, -0.15) is 0 Å². The molecule has 1 aromatic carbocycles. The predicted octanol–water partition coefficient (Wildman–Crippen LogP) is 3.56. The van der Waals surface area contributed by atoms with Crippen molar-refractivity contribution in [3.63, 3.8) is 0 Å². The molecule has 1 aliphatic rings. The molecule has 0 N–H and O–H groups in total. The van der Waals surface area contributed by atoms with Gasteiger partial charge in [0.25, 0.3) is 0 Å². The second-order valence-corrected chi connectivity index (χ2v) is 6.58. The van der Waals surface area contributed by atoms with Crippen molar-refractivity contribution >= 4 is 5.97 Å². The summed E-state index contributed by atoms with van der Waals surface area (Å²) in [5.74, 6) is -1.49. The molecule has 1 atom stereocenters. The average molecular weight is 325 g/mol. The van der Waals surface area contributed by atoms with Crippen LogP contribution >= 0.6 is 0 Å². The zero-order valence-corrected chi connectivity index (χ0v) is 14.1. The summed E-state index contributed by atoms with van der Waals surface area (Å²) in [6, 6.07) is 3.85. The van der Waals surface area contributed by atoms with Crippen LogP contribution in [0.1, 0.15) is 39.2 Å². The lowest BCUT2D eigenvalue weighted by Crippen LogP contribution is -2.51. The van der Waals surface area contributed by atoms with Crippen LogP contribution in [-0.4, -0.2) is 36.6 Å². The van der Waals surface area contributed by atoms with E-state index in [-0.39, 0.29) is 12.4 Å². The van der Waals surface area contributed by atoms with Crippen molar-refractivity contribution in [2.45, 2.75) is 46.1 Å². The molecule has 0 aliphatic carbocycles. The van der Waals surface area contributed by atoms with E-state index in [1.165, 1.54) is 12.1 Å². The smallest absolute Gasteiger partial charge is 0.313 e. The summed E-state index contributed by atoms with van der Waals surface area (Å²) in [4.78, 5) is 14.8. The van der Waals surface area contributed by atoms with E-state index in [1.54, 1.807) is 6.92 Å². The van der Waals surface area contributed by atoms with Crippen molar-refractivity contribution in [1.82, 2.24) is 4.90 Å². The molecule has 3 nitrogen and oxygen atoms in total. The molecule has 0 aromatic heterocycles. The minimum absolute atomic E-state index is 0.237. The van der Waals surface area contributed by atoms with E-state index in [4.69, 9.17) is 4.74 Å². The third kappa shape index (κ3) is 4.08. The Balaban J connectivity index is 2.31. The second kappa shape index (κ2) is 7.39. The minimum Gasteiger partial charge on any atom is -0.466 e. The largest absolute Gasteiger partial charge is 0.466 e. The molecule has 5 heteroatoms. The summed E-state index contributed by atoms with van der Waals surface area (Å²) in [7, 11) is 0. The molecule has 1 heterocycles. The number of likely N-dealkylation sites (tertiary alicyclic amines) is 1. The molecule has 1 saturated heterocycles. The van der Waals surface area contributed by atoms with Gasteiger partial charge in [0.2, 0.25) is 0 Å². The molecule has 0 bridgehead atoms. The third-order valence-corrected chi connectivity index (χ3v) is 4.59. The Hall–Kier alpha value is -1.49. The van der Waals surface area contributed by atoms with Gasteiger partial charge in [-0.1, -0.05) is 6.07 Å². The first-order chi connectivity index (χ1) is 10.9. The molecule has 2 rings (SSSR count). The van der Waals surface area contributed by atoms with Gasteiger partial charge >= 0.3 is 5.97 Å². The summed E-state index contributed by atoms with van der Waals surface area (Å²) in [5.41, 5.74) is -0.401. The number of hydrogen-bond donors (Lipinski definition) is 0. The van der Waals surface area contributed by atoms with Gasteiger partial charge in [-0.25, -0.2) is 8.78 Å². The number of piperidine rings is 1. The van der Waals surface area contributed by atoms with Crippen LogP contribution in [0.2, 0.25) is 0 Å². The van der Waals surface area contributed by atoms with Gasteiger partial charge in [0, 0.05) is 18.7 Å². The van der Waals surface area contributed by atoms with Gasteiger partial charge in [0.05, 0.1) is 12.0 Å². The fraction of sp³-hybridized carbons (Fsp3) is 0.611. The van der Waals surface area contributed by atoms with Gasteiger partial charge in [-0.3, -0.25) is 9.69 Å². The Kier molecular flexibility index (Phi) is 5.74. The van der Waals surface area contributed by atoms with E-state index in [1.807, 2.05) is 0 Å². The van der Waals surface area contributed by atoms with Crippen LogP contribution in [0.3, 0.4) is 0 Å². The van der Waals surface area contributed by atoms with Crippen molar-refractivity contribution in [3.8, 4) is 0 Å². The first-order valence-electron chi connectivity index (χ1n) is 8.23. The molecule has 1 fully saturated rings. The molecular weight excluding hydrogens is 300 g/mol. The Morgan fingerprint density at radius 3 is 2.74 bits per heavy atom. The summed E-state index contributed by atoms with van der Waals surface area (Å²) < 4.78 is 32.5. The number of benzene rings is 1. The van der Waals surface area contributed by atoms with Crippen LogP contribution in [0.15, 0.2) is 18.2 Å². The molecule has 23 heavy (non-hydrogen) atoms. The number of ether oxygens (including phenoxy) is 1. The second-order valence-electron chi connectivity index (χ2n) is 6.58. The van der Waals surface area contributed by atoms with Crippen LogP contribution in [0.25, 0.3) is 0 Å². The normalized spacial score (nSPS) is 22.3. The fourth-order valence-electron chi connectivity index (χ4n) is 3.31. The van der Waals surface area contributed by atoms with E-state index in [2.05, 4.69) is 18.7 Å². The monoisotopic (exact) mass is 325 g/mol. The highest BCUT2D eigenvalue weighted by atomic mass is 19.1. The van der Waals surface area contributed by atoms with Crippen molar-refractivity contribution in [2.75, 3.05) is 19.7 Å². The highest BCUT2D eigenvalue weighted by molar-refractivity contribution is 5.77. The van der Waals surface area contributed by atoms with E-state index in [0.29, 0.717) is 31.2 Å². The van der Waals surface area contributed by atoms with Gasteiger partial charge in [-0.15, -0.1) is 0 Å². The highest BCUT2D eigenvalue weighted by Crippen LogP contribution is 2.36. The maximum Gasteiger partial charge on any atom is 0.313 e. The lowest BCUT2D eigenvalue weighted by atomic mass is 9.74. The number of rotatable bonds is 5. The van der Waals surface area contributed by atoms with Crippen LogP contribution in [0.4, 0.5) is 8.78 Å². The number of hydrogen-bond acceptors (Lipinski definition) is 3. The molecule has 0 radical (unpaired) electrons. The summed E-state index contributed by atoms with van der Waals surface area (Å²) in [5, 5.41) is 0. The van der Waals surface area contributed by atoms with Gasteiger partial charge in [0.15, 0.2) is 0 Å². The number of nitrogens with zero attached hydrogens (tertiary/aromatic N) is 1. The predicted molar refractivity (Wildman–Crippen MR) is 85.1 cm³/mol.